The summed E-state index contributed by atoms with van der Waals surface area (Å²) in [5.41, 5.74) is 2.55. The molecule has 174 valence electrons. The molecule has 3 heterocycles. The number of ether oxygens (including phenoxy) is 1. The van der Waals surface area contributed by atoms with Crippen molar-refractivity contribution in [3.63, 3.8) is 0 Å². The lowest BCUT2D eigenvalue weighted by Crippen LogP contribution is -2.39. The van der Waals surface area contributed by atoms with Crippen LogP contribution in [0.4, 0.5) is 10.1 Å². The highest BCUT2D eigenvalue weighted by atomic mass is 32.1. The van der Waals surface area contributed by atoms with Gasteiger partial charge in [0.05, 0.1) is 11.8 Å². The Kier molecular flexibility index (Phi) is 7.51. The molecule has 3 N–H and O–H groups in total. The van der Waals surface area contributed by atoms with Crippen LogP contribution in [0.25, 0.3) is 0 Å². The molecule has 1 aromatic carbocycles. The van der Waals surface area contributed by atoms with Crippen molar-refractivity contribution in [2.24, 2.45) is 0 Å². The first-order valence-electron chi connectivity index (χ1n) is 11.1. The van der Waals surface area contributed by atoms with Crippen molar-refractivity contribution in [2.75, 3.05) is 32.1 Å². The number of halogens is 1. The molecule has 1 atom stereocenters. The summed E-state index contributed by atoms with van der Waals surface area (Å²) in [5, 5.41) is 9.17. The zero-order valence-electron chi connectivity index (χ0n) is 18.6. The lowest BCUT2D eigenvalue weighted by molar-refractivity contribution is -0.117. The molecule has 1 fully saturated rings. The Bertz CT molecular complexity index is 1060. The number of rotatable bonds is 8. The molecule has 4 rings (SSSR count). The zero-order chi connectivity index (χ0) is 23.2. The van der Waals surface area contributed by atoms with E-state index < -0.39 is 0 Å². The number of likely N-dealkylation sites (tertiary alicyclic amines) is 1. The average molecular weight is 470 g/mol. The minimum atomic E-state index is -0.378. The number of thiocarbonyl (C=S) groups is 1. The van der Waals surface area contributed by atoms with Crippen molar-refractivity contribution in [1.82, 2.24) is 20.5 Å². The summed E-state index contributed by atoms with van der Waals surface area (Å²) >= 11 is 5.49. The van der Waals surface area contributed by atoms with Crippen LogP contribution in [-0.2, 0) is 11.3 Å². The van der Waals surface area contributed by atoms with Gasteiger partial charge in [-0.05, 0) is 50.7 Å². The fraction of sp³-hybridized carbons (Fsp3) is 0.375. The van der Waals surface area contributed by atoms with E-state index in [1.807, 2.05) is 6.07 Å². The van der Waals surface area contributed by atoms with Gasteiger partial charge in [-0.3, -0.25) is 9.78 Å². The third kappa shape index (κ3) is 5.85. The molecule has 1 saturated heterocycles. The highest BCUT2D eigenvalue weighted by molar-refractivity contribution is 7.81. The Morgan fingerprint density at radius 3 is 3.06 bits per heavy atom. The van der Waals surface area contributed by atoms with Gasteiger partial charge in [0, 0.05) is 48.7 Å². The minimum absolute atomic E-state index is 0.246. The maximum absolute atomic E-state index is 13.5. The number of aromatic nitrogens is 1. The van der Waals surface area contributed by atoms with Gasteiger partial charge in [-0.2, -0.15) is 0 Å². The summed E-state index contributed by atoms with van der Waals surface area (Å²) < 4.78 is 19.6. The summed E-state index contributed by atoms with van der Waals surface area (Å²) in [6.45, 7) is 2.69. The fourth-order valence-corrected chi connectivity index (χ4v) is 4.42. The number of likely N-dealkylation sites (N-methyl/N-ethyl adjacent to an activating group) is 1. The summed E-state index contributed by atoms with van der Waals surface area (Å²) in [4.78, 5) is 19.4. The molecule has 2 aromatic rings. The van der Waals surface area contributed by atoms with Gasteiger partial charge in [0.25, 0.3) is 5.91 Å². The average Bonchev–Trinajstić information content (AvgIpc) is 3.21. The number of nitrogens with zero attached hydrogens (tertiary/aromatic N) is 2. The summed E-state index contributed by atoms with van der Waals surface area (Å²) in [6.07, 6.45) is 6.38. The second kappa shape index (κ2) is 10.7. The van der Waals surface area contributed by atoms with Crippen molar-refractivity contribution in [3.05, 3.63) is 65.4 Å². The Labute approximate surface area is 198 Å². The normalized spacial score (nSPS) is 18.7. The maximum Gasteiger partial charge on any atom is 0.256 e. The van der Waals surface area contributed by atoms with E-state index in [9.17, 15) is 9.18 Å². The van der Waals surface area contributed by atoms with Gasteiger partial charge in [-0.25, -0.2) is 4.39 Å². The smallest absolute Gasteiger partial charge is 0.256 e. The number of hydrogen-bond donors (Lipinski definition) is 3. The van der Waals surface area contributed by atoms with Crippen molar-refractivity contribution in [2.45, 2.75) is 31.8 Å². The Hall–Kier alpha value is -3.04. The van der Waals surface area contributed by atoms with Crippen LogP contribution in [0.5, 0.6) is 5.75 Å². The third-order valence-corrected chi connectivity index (χ3v) is 6.27. The predicted octanol–water partition coefficient (Wildman–Crippen LogP) is 3.00. The van der Waals surface area contributed by atoms with Crippen LogP contribution in [0.1, 0.15) is 24.8 Å². The van der Waals surface area contributed by atoms with Crippen molar-refractivity contribution >= 4 is 28.8 Å². The molecule has 1 aromatic heterocycles. The molecule has 0 unspecified atom stereocenters. The van der Waals surface area contributed by atoms with Gasteiger partial charge in [0.2, 0.25) is 0 Å². The first-order valence-corrected chi connectivity index (χ1v) is 11.5. The molecule has 0 bridgehead atoms. The zero-order valence-corrected chi connectivity index (χ0v) is 19.4. The molecule has 2 aliphatic rings. The van der Waals surface area contributed by atoms with Crippen LogP contribution in [0.3, 0.4) is 0 Å². The number of amides is 1. The Balaban J connectivity index is 1.46. The molecule has 0 saturated carbocycles. The van der Waals surface area contributed by atoms with E-state index in [-0.39, 0.29) is 16.7 Å². The second-order valence-electron chi connectivity index (χ2n) is 8.25. The molecule has 0 aliphatic carbocycles. The standard InChI is InChI=1S/C24H28FN5O2S/c1-30-11-3-6-19(30)15-32-21-14-26-9-7-16(21)13-28-20-8-10-27-23(31)22(20)24(33)29-18-5-2-4-17(25)12-18/h2,4-5,7,9,12,14,19,28H,3,6,8,10-11,13,15H2,1H3,(H,27,31)(H,29,33)/t19-/m0/s1. The third-order valence-electron chi connectivity index (χ3n) is 5.96. The SMILES string of the molecule is CN1CCC[C@H]1COc1cnccc1CNC1=C(C(=S)Nc2cccc(F)c2)C(=O)NCC1. The van der Waals surface area contributed by atoms with Gasteiger partial charge in [0.15, 0.2) is 0 Å². The topological polar surface area (TPSA) is 78.5 Å². The molecule has 0 spiro atoms. The number of anilines is 1. The Morgan fingerprint density at radius 1 is 1.39 bits per heavy atom. The van der Waals surface area contributed by atoms with Crippen molar-refractivity contribution < 1.29 is 13.9 Å². The summed E-state index contributed by atoms with van der Waals surface area (Å²) in [6, 6.07) is 8.30. The van der Waals surface area contributed by atoms with Crippen molar-refractivity contribution in [3.8, 4) is 5.75 Å². The van der Waals surface area contributed by atoms with Gasteiger partial charge in [-0.15, -0.1) is 0 Å². The first-order chi connectivity index (χ1) is 16.0. The van der Waals surface area contributed by atoms with Gasteiger partial charge in [-0.1, -0.05) is 18.3 Å². The highest BCUT2D eigenvalue weighted by Crippen LogP contribution is 2.22. The van der Waals surface area contributed by atoms with Gasteiger partial charge >= 0.3 is 0 Å². The number of nitrogens with one attached hydrogen (secondary N) is 3. The quantitative estimate of drug-likeness (QED) is 0.513. The van der Waals surface area contributed by atoms with E-state index in [1.54, 1.807) is 24.5 Å². The molecule has 7 nitrogen and oxygen atoms in total. The van der Waals surface area contributed by atoms with Crippen molar-refractivity contribution in [1.29, 1.82) is 0 Å². The molecule has 33 heavy (non-hydrogen) atoms. The molecule has 1 amide bonds. The fourth-order valence-electron chi connectivity index (χ4n) is 4.09. The molecule has 9 heteroatoms. The van der Waals surface area contributed by atoms with Crippen LogP contribution < -0.4 is 20.7 Å². The van der Waals surface area contributed by atoms with Crippen LogP contribution in [0.15, 0.2) is 54.0 Å². The number of carbonyl (C=O) groups is 1. The van der Waals surface area contributed by atoms with Crippen LogP contribution >= 0.6 is 12.2 Å². The number of pyridine rings is 1. The Morgan fingerprint density at radius 2 is 2.27 bits per heavy atom. The predicted molar refractivity (Wildman–Crippen MR) is 129 cm³/mol. The monoisotopic (exact) mass is 469 g/mol. The molecular weight excluding hydrogens is 441 g/mol. The largest absolute Gasteiger partial charge is 0.490 e. The van der Waals surface area contributed by atoms with Gasteiger partial charge in [0.1, 0.15) is 23.2 Å². The van der Waals surface area contributed by atoms with Crippen LogP contribution in [-0.4, -0.2) is 53.6 Å². The number of carbonyl (C=O) groups excluding carboxylic acids is 1. The van der Waals surface area contributed by atoms with E-state index in [0.29, 0.717) is 43.4 Å². The number of hydrogen-bond acceptors (Lipinski definition) is 6. The minimum Gasteiger partial charge on any atom is -0.490 e. The van der Waals surface area contributed by atoms with Crippen LogP contribution in [0, 0.1) is 5.82 Å². The van der Waals surface area contributed by atoms with Crippen LogP contribution in [0.2, 0.25) is 0 Å². The van der Waals surface area contributed by atoms with E-state index in [2.05, 4.69) is 32.9 Å². The molecule has 2 aliphatic heterocycles. The summed E-state index contributed by atoms with van der Waals surface area (Å²) in [7, 11) is 2.12. The lowest BCUT2D eigenvalue weighted by Gasteiger charge is -2.24. The van der Waals surface area contributed by atoms with Gasteiger partial charge < -0.3 is 25.6 Å². The molecular formula is C24H28FN5O2S. The maximum atomic E-state index is 13.5. The second-order valence-corrected chi connectivity index (χ2v) is 8.66. The lowest BCUT2D eigenvalue weighted by atomic mass is 10.1. The van der Waals surface area contributed by atoms with E-state index >= 15 is 0 Å². The summed E-state index contributed by atoms with van der Waals surface area (Å²) in [5.74, 6) is 0.0959. The first kappa shape index (κ1) is 23.1. The molecule has 0 radical (unpaired) electrons. The highest BCUT2D eigenvalue weighted by Gasteiger charge is 2.25. The van der Waals surface area contributed by atoms with E-state index in [1.165, 1.54) is 18.6 Å². The van der Waals surface area contributed by atoms with E-state index in [0.717, 1.165) is 30.0 Å². The van der Waals surface area contributed by atoms with E-state index in [4.69, 9.17) is 17.0 Å². The number of benzene rings is 1.